The largest absolute Gasteiger partial charge is 0.394 e. The second kappa shape index (κ2) is 6.80. The van der Waals surface area contributed by atoms with Crippen molar-refractivity contribution in [2.24, 2.45) is 4.99 Å². The van der Waals surface area contributed by atoms with Gasteiger partial charge >= 0.3 is 0 Å². The van der Waals surface area contributed by atoms with Gasteiger partial charge in [0.05, 0.1) is 23.0 Å². The Labute approximate surface area is 146 Å². The van der Waals surface area contributed by atoms with E-state index in [0.717, 1.165) is 22.8 Å². The Kier molecular flexibility index (Phi) is 4.74. The van der Waals surface area contributed by atoms with E-state index in [1.165, 1.54) is 5.56 Å². The minimum Gasteiger partial charge on any atom is -0.394 e. The number of aliphatic hydroxyl groups is 1. The third kappa shape index (κ3) is 3.69. The molecule has 1 N–H and O–H groups in total. The molecule has 0 saturated carbocycles. The van der Waals surface area contributed by atoms with E-state index in [0.29, 0.717) is 5.02 Å². The summed E-state index contributed by atoms with van der Waals surface area (Å²) in [7, 11) is 0. The van der Waals surface area contributed by atoms with E-state index in [4.69, 9.17) is 16.6 Å². The van der Waals surface area contributed by atoms with Gasteiger partial charge in [0.2, 0.25) is 0 Å². The zero-order chi connectivity index (χ0) is 17.2. The maximum Gasteiger partial charge on any atom is 0.0789 e. The first-order valence-electron chi connectivity index (χ1n) is 7.98. The molecule has 0 aliphatic rings. The molecule has 1 heterocycles. The molecule has 2 aromatic carbocycles. The Balaban J connectivity index is 2.18. The van der Waals surface area contributed by atoms with Crippen molar-refractivity contribution in [2.45, 2.75) is 25.9 Å². The van der Waals surface area contributed by atoms with Crippen LogP contribution in [0.5, 0.6) is 0 Å². The summed E-state index contributed by atoms with van der Waals surface area (Å²) in [6.07, 6.45) is 2.03. The highest BCUT2D eigenvalue weighted by molar-refractivity contribution is 6.31. The molecular weight excluding hydrogens is 320 g/mol. The highest BCUT2D eigenvalue weighted by atomic mass is 35.5. The number of rotatable bonds is 4. The molecule has 4 heteroatoms. The number of benzene rings is 2. The summed E-state index contributed by atoms with van der Waals surface area (Å²) in [6.45, 7) is 4.60. The summed E-state index contributed by atoms with van der Waals surface area (Å²) in [5.74, 6) is 0. The summed E-state index contributed by atoms with van der Waals surface area (Å²) in [4.78, 5) is 4.71. The molecule has 3 nitrogen and oxygen atoms in total. The molecular formula is C20H21ClN2O. The summed E-state index contributed by atoms with van der Waals surface area (Å²) >= 11 is 6.22. The second-order valence-corrected chi connectivity index (χ2v) is 6.99. The first-order valence-corrected chi connectivity index (χ1v) is 8.36. The van der Waals surface area contributed by atoms with E-state index >= 15 is 0 Å². The normalized spacial score (nSPS) is 12.8. The van der Waals surface area contributed by atoms with Crippen LogP contribution in [0, 0.1) is 0 Å². The van der Waals surface area contributed by atoms with Gasteiger partial charge in [-0.25, -0.2) is 0 Å². The van der Waals surface area contributed by atoms with Crippen LogP contribution in [-0.2, 0) is 6.54 Å². The van der Waals surface area contributed by atoms with Crippen LogP contribution in [0.25, 0.3) is 10.9 Å². The Morgan fingerprint density at radius 3 is 2.54 bits per heavy atom. The third-order valence-electron chi connectivity index (χ3n) is 3.96. The zero-order valence-electron chi connectivity index (χ0n) is 13.9. The van der Waals surface area contributed by atoms with Crippen molar-refractivity contribution < 1.29 is 5.11 Å². The van der Waals surface area contributed by atoms with Crippen LogP contribution in [0.2, 0.25) is 5.02 Å². The fourth-order valence-electron chi connectivity index (χ4n) is 2.67. The molecule has 0 fully saturated rings. The summed E-state index contributed by atoms with van der Waals surface area (Å²) in [5.41, 5.74) is 1.74. The highest BCUT2D eigenvalue weighted by Crippen LogP contribution is 2.18. The molecule has 24 heavy (non-hydrogen) atoms. The average molecular weight is 341 g/mol. The smallest absolute Gasteiger partial charge is 0.0789 e. The second-order valence-electron chi connectivity index (χ2n) is 6.56. The van der Waals surface area contributed by atoms with Gasteiger partial charge in [-0.15, -0.1) is 0 Å². The van der Waals surface area contributed by atoms with Crippen molar-refractivity contribution in [3.63, 3.8) is 0 Å². The van der Waals surface area contributed by atoms with Crippen LogP contribution in [0.15, 0.2) is 65.8 Å². The number of aliphatic hydroxyl groups excluding tert-OH is 1. The lowest BCUT2D eigenvalue weighted by Gasteiger charge is -2.17. The SMILES string of the molecule is CC(C)(CO)N=c1ccn(Cc2ccccc2)c2cc(Cl)ccc12. The van der Waals surface area contributed by atoms with Crippen molar-refractivity contribution in [3.05, 3.63) is 76.7 Å². The average Bonchev–Trinajstić information content (AvgIpc) is 2.58. The lowest BCUT2D eigenvalue weighted by molar-refractivity contribution is 0.220. The van der Waals surface area contributed by atoms with Crippen LogP contribution < -0.4 is 5.36 Å². The minimum absolute atomic E-state index is 0.000985. The Bertz CT molecular complexity index is 914. The van der Waals surface area contributed by atoms with Gasteiger partial charge in [-0.1, -0.05) is 41.9 Å². The van der Waals surface area contributed by atoms with Gasteiger partial charge in [0.25, 0.3) is 0 Å². The first-order chi connectivity index (χ1) is 11.5. The molecule has 0 radical (unpaired) electrons. The third-order valence-corrected chi connectivity index (χ3v) is 4.20. The van der Waals surface area contributed by atoms with Crippen molar-refractivity contribution in [1.29, 1.82) is 0 Å². The molecule has 3 rings (SSSR count). The Morgan fingerprint density at radius 2 is 1.83 bits per heavy atom. The number of halogens is 1. The fraction of sp³-hybridized carbons (Fsp3) is 0.250. The molecule has 1 aromatic heterocycles. The minimum atomic E-state index is -0.516. The molecule has 0 bridgehead atoms. The highest BCUT2D eigenvalue weighted by Gasteiger charge is 2.14. The van der Waals surface area contributed by atoms with E-state index < -0.39 is 5.54 Å². The molecule has 0 unspecified atom stereocenters. The molecule has 0 aliphatic carbocycles. The maximum absolute atomic E-state index is 9.50. The van der Waals surface area contributed by atoms with Gasteiger partial charge in [-0.05, 0) is 43.7 Å². The van der Waals surface area contributed by atoms with Crippen LogP contribution in [0.1, 0.15) is 19.4 Å². The molecule has 0 spiro atoms. The number of fused-ring (bicyclic) bond motifs is 1. The standard InChI is InChI=1S/C20H21ClN2O/c1-20(2,14-24)22-18-10-11-23(13-15-6-4-3-5-7-15)19-12-16(21)8-9-17(18)19/h3-12,24H,13-14H2,1-2H3. The van der Waals surface area contributed by atoms with Gasteiger partial charge in [-0.2, -0.15) is 0 Å². The Hall–Kier alpha value is -2.10. The van der Waals surface area contributed by atoms with Crippen molar-refractivity contribution >= 4 is 22.5 Å². The lowest BCUT2D eigenvalue weighted by Crippen LogP contribution is -2.26. The lowest BCUT2D eigenvalue weighted by atomic mass is 10.1. The van der Waals surface area contributed by atoms with Crippen molar-refractivity contribution in [3.8, 4) is 0 Å². The number of hydrogen-bond acceptors (Lipinski definition) is 2. The van der Waals surface area contributed by atoms with E-state index in [-0.39, 0.29) is 6.61 Å². The number of pyridine rings is 1. The van der Waals surface area contributed by atoms with Crippen LogP contribution in [-0.4, -0.2) is 21.8 Å². The fourth-order valence-corrected chi connectivity index (χ4v) is 2.83. The van der Waals surface area contributed by atoms with Gasteiger partial charge < -0.3 is 9.67 Å². The number of nitrogens with zero attached hydrogens (tertiary/aromatic N) is 2. The molecule has 124 valence electrons. The van der Waals surface area contributed by atoms with Gasteiger partial charge in [0.15, 0.2) is 0 Å². The van der Waals surface area contributed by atoms with Crippen LogP contribution in [0.3, 0.4) is 0 Å². The predicted octanol–water partition coefficient (Wildman–Crippen LogP) is 4.01. The quantitative estimate of drug-likeness (QED) is 0.765. The predicted molar refractivity (Wildman–Crippen MR) is 99.2 cm³/mol. The topological polar surface area (TPSA) is 37.5 Å². The first kappa shape index (κ1) is 16.7. The molecule has 3 aromatic rings. The number of hydrogen-bond donors (Lipinski definition) is 1. The van der Waals surface area contributed by atoms with Crippen molar-refractivity contribution in [2.75, 3.05) is 6.61 Å². The summed E-state index contributed by atoms with van der Waals surface area (Å²) in [5, 5.41) is 12.1. The van der Waals surface area contributed by atoms with E-state index in [1.807, 2.05) is 62.5 Å². The van der Waals surface area contributed by atoms with E-state index in [2.05, 4.69) is 16.7 Å². The van der Waals surface area contributed by atoms with Gasteiger partial charge in [0.1, 0.15) is 0 Å². The maximum atomic E-state index is 9.50. The monoisotopic (exact) mass is 340 g/mol. The summed E-state index contributed by atoms with van der Waals surface area (Å²) in [6, 6.07) is 18.1. The van der Waals surface area contributed by atoms with Gasteiger partial charge in [-0.3, -0.25) is 4.99 Å². The number of aromatic nitrogens is 1. The van der Waals surface area contributed by atoms with Crippen molar-refractivity contribution in [1.82, 2.24) is 4.57 Å². The molecule has 0 amide bonds. The van der Waals surface area contributed by atoms with E-state index in [1.54, 1.807) is 0 Å². The molecule has 0 atom stereocenters. The van der Waals surface area contributed by atoms with E-state index in [9.17, 15) is 5.11 Å². The van der Waals surface area contributed by atoms with Crippen LogP contribution in [0.4, 0.5) is 0 Å². The molecule has 0 aliphatic heterocycles. The van der Waals surface area contributed by atoms with Gasteiger partial charge in [0, 0.05) is 23.2 Å². The summed E-state index contributed by atoms with van der Waals surface area (Å²) < 4.78 is 2.17. The zero-order valence-corrected chi connectivity index (χ0v) is 14.7. The van der Waals surface area contributed by atoms with Crippen LogP contribution >= 0.6 is 11.6 Å². The Morgan fingerprint density at radius 1 is 1.08 bits per heavy atom. The molecule has 0 saturated heterocycles.